The van der Waals surface area contributed by atoms with Crippen molar-refractivity contribution in [2.45, 2.75) is 32.0 Å². The van der Waals surface area contributed by atoms with Crippen molar-refractivity contribution in [1.29, 1.82) is 0 Å². The van der Waals surface area contributed by atoms with E-state index in [4.69, 9.17) is 4.74 Å². The lowest BCUT2D eigenvalue weighted by atomic mass is 9.83. The molecule has 3 atom stereocenters. The number of aromatic nitrogens is 3. The quantitative estimate of drug-likeness (QED) is 0.801. The number of rotatable bonds is 5. The molecular formula is C18H20F4N4O. The monoisotopic (exact) mass is 384 g/mol. The van der Waals surface area contributed by atoms with Crippen LogP contribution >= 0.6 is 0 Å². The highest BCUT2D eigenvalue weighted by molar-refractivity contribution is 5.25. The smallest absolute Gasteiger partial charge is 0.408 e. The molecule has 0 spiro atoms. The first-order valence-corrected chi connectivity index (χ1v) is 9.02. The highest BCUT2D eigenvalue weighted by Gasteiger charge is 2.40. The number of benzene rings is 1. The molecule has 2 aromatic rings. The van der Waals surface area contributed by atoms with E-state index in [0.717, 1.165) is 32.0 Å². The van der Waals surface area contributed by atoms with Crippen molar-refractivity contribution in [3.63, 3.8) is 0 Å². The third kappa shape index (κ3) is 4.23. The Kier molecular flexibility index (Phi) is 4.79. The predicted octanol–water partition coefficient (Wildman–Crippen LogP) is 3.56. The van der Waals surface area contributed by atoms with Crippen molar-refractivity contribution in [2.24, 2.45) is 17.8 Å². The number of fused-ring (bicyclic) bond motifs is 2. The summed E-state index contributed by atoms with van der Waals surface area (Å²) in [6, 6.07) is 4.94. The van der Waals surface area contributed by atoms with Crippen molar-refractivity contribution >= 4 is 0 Å². The maximum absolute atomic E-state index is 13.3. The normalized spacial score (nSPS) is 25.0. The Hall–Kier alpha value is -2.16. The van der Waals surface area contributed by atoms with E-state index < -0.39 is 18.5 Å². The molecule has 0 radical (unpaired) electrons. The average Bonchev–Trinajstić information content (AvgIpc) is 3.02. The Morgan fingerprint density at radius 1 is 1.19 bits per heavy atom. The molecule has 4 rings (SSSR count). The van der Waals surface area contributed by atoms with Gasteiger partial charge in [-0.2, -0.15) is 23.3 Å². The SMILES string of the molecule is Fc1cccc(Oc2nc(CC3[C@@H]4CC[C@H]3CNC4)nn2CC(F)(F)F)c1. The van der Waals surface area contributed by atoms with Crippen LogP contribution in [0.2, 0.25) is 0 Å². The first kappa shape index (κ1) is 18.2. The maximum atomic E-state index is 13.3. The molecule has 1 aromatic heterocycles. The van der Waals surface area contributed by atoms with E-state index in [2.05, 4.69) is 15.4 Å². The molecule has 9 heteroatoms. The van der Waals surface area contributed by atoms with Crippen LogP contribution in [0, 0.1) is 23.6 Å². The van der Waals surface area contributed by atoms with Crippen LogP contribution in [0.1, 0.15) is 18.7 Å². The second-order valence-electron chi connectivity index (χ2n) is 7.27. The molecule has 146 valence electrons. The van der Waals surface area contributed by atoms with Gasteiger partial charge in [0.2, 0.25) is 0 Å². The number of halogens is 4. The van der Waals surface area contributed by atoms with Crippen LogP contribution in [0.4, 0.5) is 17.6 Å². The topological polar surface area (TPSA) is 52.0 Å². The van der Waals surface area contributed by atoms with Crippen LogP contribution in [-0.4, -0.2) is 34.0 Å². The lowest BCUT2D eigenvalue weighted by Gasteiger charge is -2.29. The summed E-state index contributed by atoms with van der Waals surface area (Å²) in [7, 11) is 0. The molecule has 1 aliphatic heterocycles. The summed E-state index contributed by atoms with van der Waals surface area (Å²) in [5.74, 6) is 1.27. The number of hydrogen-bond acceptors (Lipinski definition) is 4. The number of alkyl halides is 3. The standard InChI is InChI=1S/C18H20F4N4O/c19-13-2-1-3-14(6-13)27-17-24-16(25-26(17)10-18(20,21)22)7-15-11-4-5-12(15)9-23-8-11/h1-3,6,11-12,15,23H,4-5,7-10H2/t11-,12+,15?. The zero-order chi connectivity index (χ0) is 19.0. The predicted molar refractivity (Wildman–Crippen MR) is 88.8 cm³/mol. The highest BCUT2D eigenvalue weighted by Crippen LogP contribution is 2.41. The lowest BCUT2D eigenvalue weighted by Crippen LogP contribution is -2.39. The number of hydrogen-bond donors (Lipinski definition) is 1. The van der Waals surface area contributed by atoms with Crippen LogP contribution in [-0.2, 0) is 13.0 Å². The number of nitrogens with zero attached hydrogens (tertiary/aromatic N) is 3. The van der Waals surface area contributed by atoms with Crippen molar-refractivity contribution in [3.8, 4) is 11.8 Å². The van der Waals surface area contributed by atoms with Gasteiger partial charge in [-0.15, -0.1) is 0 Å². The summed E-state index contributed by atoms with van der Waals surface area (Å²) < 4.78 is 58.2. The van der Waals surface area contributed by atoms with Crippen LogP contribution < -0.4 is 10.1 Å². The van der Waals surface area contributed by atoms with Crippen LogP contribution in [0.25, 0.3) is 0 Å². The van der Waals surface area contributed by atoms with Gasteiger partial charge in [-0.1, -0.05) is 6.07 Å². The Labute approximate surface area is 153 Å². The molecular weight excluding hydrogens is 364 g/mol. The Balaban J connectivity index is 1.57. The molecule has 1 saturated carbocycles. The second kappa shape index (κ2) is 7.10. The summed E-state index contributed by atoms with van der Waals surface area (Å²) in [6.07, 6.45) is -1.68. The summed E-state index contributed by atoms with van der Waals surface area (Å²) in [4.78, 5) is 4.20. The van der Waals surface area contributed by atoms with Crippen molar-refractivity contribution < 1.29 is 22.3 Å². The van der Waals surface area contributed by atoms with Crippen molar-refractivity contribution in [1.82, 2.24) is 20.1 Å². The first-order chi connectivity index (χ1) is 12.9. The second-order valence-corrected chi connectivity index (χ2v) is 7.27. The molecule has 27 heavy (non-hydrogen) atoms. The van der Waals surface area contributed by atoms with Crippen molar-refractivity contribution in [3.05, 3.63) is 35.9 Å². The van der Waals surface area contributed by atoms with E-state index >= 15 is 0 Å². The lowest BCUT2D eigenvalue weighted by molar-refractivity contribution is -0.143. The van der Waals surface area contributed by atoms with Gasteiger partial charge in [-0.3, -0.25) is 0 Å². The Bertz CT molecular complexity index is 791. The third-order valence-electron chi connectivity index (χ3n) is 5.37. The van der Waals surface area contributed by atoms with Crippen molar-refractivity contribution in [2.75, 3.05) is 13.1 Å². The van der Waals surface area contributed by atoms with Gasteiger partial charge in [0.15, 0.2) is 5.82 Å². The molecule has 2 bridgehead atoms. The molecule has 1 N–H and O–H groups in total. The fourth-order valence-electron chi connectivity index (χ4n) is 4.19. The average molecular weight is 384 g/mol. The van der Waals surface area contributed by atoms with Gasteiger partial charge in [-0.25, -0.2) is 9.07 Å². The van der Waals surface area contributed by atoms with Gasteiger partial charge < -0.3 is 10.1 Å². The number of piperidine rings is 1. The molecule has 1 aromatic carbocycles. The molecule has 2 fully saturated rings. The van der Waals surface area contributed by atoms with E-state index in [9.17, 15) is 17.6 Å². The molecule has 1 aliphatic carbocycles. The molecule has 0 amide bonds. The fraction of sp³-hybridized carbons (Fsp3) is 0.556. The van der Waals surface area contributed by atoms with E-state index in [1.54, 1.807) is 0 Å². The summed E-state index contributed by atoms with van der Waals surface area (Å²) in [5.41, 5.74) is 0. The maximum Gasteiger partial charge on any atom is 0.408 e. The number of nitrogens with one attached hydrogen (secondary N) is 1. The molecule has 2 aliphatic rings. The zero-order valence-electron chi connectivity index (χ0n) is 14.5. The first-order valence-electron chi connectivity index (χ1n) is 9.02. The minimum atomic E-state index is -4.46. The van der Waals surface area contributed by atoms with Gasteiger partial charge >= 0.3 is 12.2 Å². The van der Waals surface area contributed by atoms with Gasteiger partial charge in [0.1, 0.15) is 18.1 Å². The van der Waals surface area contributed by atoms with Crippen LogP contribution in [0.5, 0.6) is 11.8 Å². The highest BCUT2D eigenvalue weighted by atomic mass is 19.4. The number of ether oxygens (including phenoxy) is 1. The zero-order valence-corrected chi connectivity index (χ0v) is 14.5. The fourth-order valence-corrected chi connectivity index (χ4v) is 4.19. The Morgan fingerprint density at radius 3 is 2.59 bits per heavy atom. The molecule has 1 unspecified atom stereocenters. The van der Waals surface area contributed by atoms with Gasteiger partial charge in [0, 0.05) is 12.5 Å². The Morgan fingerprint density at radius 2 is 1.93 bits per heavy atom. The van der Waals surface area contributed by atoms with E-state index in [-0.39, 0.29) is 11.8 Å². The van der Waals surface area contributed by atoms with Gasteiger partial charge in [0.05, 0.1) is 0 Å². The largest absolute Gasteiger partial charge is 0.424 e. The minimum absolute atomic E-state index is 0.0827. The molecule has 1 saturated heterocycles. The van der Waals surface area contributed by atoms with E-state index in [1.807, 2.05) is 0 Å². The summed E-state index contributed by atoms with van der Waals surface area (Å²) >= 11 is 0. The van der Waals surface area contributed by atoms with Crippen LogP contribution in [0.15, 0.2) is 24.3 Å². The van der Waals surface area contributed by atoms with E-state index in [0.29, 0.717) is 34.7 Å². The minimum Gasteiger partial charge on any atom is -0.424 e. The molecule has 2 heterocycles. The van der Waals surface area contributed by atoms with Gasteiger partial charge in [0.25, 0.3) is 0 Å². The van der Waals surface area contributed by atoms with E-state index in [1.165, 1.54) is 18.2 Å². The summed E-state index contributed by atoms with van der Waals surface area (Å²) in [5, 5.41) is 7.44. The van der Waals surface area contributed by atoms with Crippen LogP contribution in [0.3, 0.4) is 0 Å². The molecule has 5 nitrogen and oxygen atoms in total. The van der Waals surface area contributed by atoms with Gasteiger partial charge in [-0.05, 0) is 55.8 Å². The third-order valence-corrected chi connectivity index (χ3v) is 5.37. The summed E-state index contributed by atoms with van der Waals surface area (Å²) in [6.45, 7) is 0.553.